The summed E-state index contributed by atoms with van der Waals surface area (Å²) in [5.41, 5.74) is 6.35. The molecule has 3 N–H and O–H groups in total. The van der Waals surface area contributed by atoms with Crippen molar-refractivity contribution in [2.75, 3.05) is 0 Å². The molecule has 5 heteroatoms. The second kappa shape index (κ2) is 4.77. The maximum Gasteiger partial charge on any atom is 0.141 e. The minimum Gasteiger partial charge on any atom is -0.386 e. The zero-order chi connectivity index (χ0) is 14.0. The number of nitrogens with zero attached hydrogens (tertiary/aromatic N) is 2. The normalized spacial score (nSPS) is 26.3. The molecule has 0 fully saturated rings. The largest absolute Gasteiger partial charge is 0.386 e. The number of nitrogens with two attached hydrogens (primary N) is 1. The molecule has 0 saturated carbocycles. The number of benzene rings is 1. The van der Waals surface area contributed by atoms with Crippen LogP contribution in [0.2, 0.25) is 0 Å². The lowest BCUT2D eigenvalue weighted by molar-refractivity contribution is 0.516. The summed E-state index contributed by atoms with van der Waals surface area (Å²) in [5, 5.41) is 16.9. The summed E-state index contributed by atoms with van der Waals surface area (Å²) in [6.45, 7) is 1.85. The standard InChI is InChI=1S/C14H12N4S/c1-14(9-5-3-2-4-6-9)10(7-15)12(17)18-13(19)11(14)8-16/h2-6,10,16H,1H3,(H2,17,18,19)/t10?,14-/m0/s1. The molecular formula is C14H12N4S. The summed E-state index contributed by atoms with van der Waals surface area (Å²) in [7, 11) is 0. The van der Waals surface area contributed by atoms with E-state index < -0.39 is 11.3 Å². The van der Waals surface area contributed by atoms with Gasteiger partial charge in [-0.05, 0) is 18.4 Å². The smallest absolute Gasteiger partial charge is 0.141 e. The van der Waals surface area contributed by atoms with Crippen LogP contribution in [0.1, 0.15) is 12.5 Å². The average molecular weight is 268 g/mol. The first kappa shape index (κ1) is 13.2. The predicted molar refractivity (Wildman–Crippen MR) is 78.4 cm³/mol. The van der Waals surface area contributed by atoms with E-state index >= 15 is 0 Å². The molecule has 1 aromatic rings. The van der Waals surface area contributed by atoms with Crippen LogP contribution in [0.15, 0.2) is 40.9 Å². The van der Waals surface area contributed by atoms with E-state index in [1.807, 2.05) is 37.3 Å². The number of hydrogen-bond donors (Lipinski definition) is 2. The van der Waals surface area contributed by atoms with Gasteiger partial charge in [0, 0.05) is 0 Å². The van der Waals surface area contributed by atoms with E-state index in [2.05, 4.69) is 16.9 Å². The van der Waals surface area contributed by atoms with Crippen molar-refractivity contribution in [2.24, 2.45) is 16.6 Å². The first-order valence-corrected chi connectivity index (χ1v) is 6.10. The number of amidine groups is 1. The minimum atomic E-state index is -0.791. The molecule has 0 aromatic heterocycles. The number of rotatable bonds is 1. The van der Waals surface area contributed by atoms with E-state index in [4.69, 9.17) is 23.4 Å². The Morgan fingerprint density at radius 3 is 2.58 bits per heavy atom. The summed E-state index contributed by atoms with van der Waals surface area (Å²) in [6, 6.07) is 11.6. The van der Waals surface area contributed by atoms with E-state index in [1.54, 1.807) is 0 Å². The fourth-order valence-electron chi connectivity index (χ4n) is 2.37. The molecule has 0 bridgehead atoms. The van der Waals surface area contributed by atoms with Gasteiger partial charge in [-0.25, -0.2) is 4.99 Å². The number of aliphatic imine (C=N–C) groups is 1. The van der Waals surface area contributed by atoms with Crippen molar-refractivity contribution in [1.29, 1.82) is 10.7 Å². The van der Waals surface area contributed by atoms with Gasteiger partial charge in [0.15, 0.2) is 0 Å². The van der Waals surface area contributed by atoms with Crippen LogP contribution >= 0.6 is 12.2 Å². The highest BCUT2D eigenvalue weighted by Gasteiger charge is 2.46. The number of nitriles is 1. The van der Waals surface area contributed by atoms with Crippen molar-refractivity contribution in [2.45, 2.75) is 12.3 Å². The van der Waals surface area contributed by atoms with Crippen LogP contribution in [0, 0.1) is 22.7 Å². The molecular weight excluding hydrogens is 256 g/mol. The van der Waals surface area contributed by atoms with Crippen LogP contribution in [-0.4, -0.2) is 16.7 Å². The summed E-state index contributed by atoms with van der Waals surface area (Å²) < 4.78 is 0. The Hall–Kier alpha value is -2.28. The summed E-state index contributed by atoms with van der Waals surface area (Å²) in [5.74, 6) is 1.87. The molecule has 1 heterocycles. The molecule has 0 amide bonds. The summed E-state index contributed by atoms with van der Waals surface area (Å²) in [4.78, 5) is 4.22. The van der Waals surface area contributed by atoms with Gasteiger partial charge >= 0.3 is 0 Å². The topological polar surface area (TPSA) is 86.0 Å². The molecule has 1 aliphatic rings. The molecule has 2 atom stereocenters. The van der Waals surface area contributed by atoms with E-state index in [1.165, 1.54) is 0 Å². The van der Waals surface area contributed by atoms with Gasteiger partial charge in [-0.3, -0.25) is 5.41 Å². The van der Waals surface area contributed by atoms with Gasteiger partial charge < -0.3 is 5.73 Å². The van der Waals surface area contributed by atoms with Gasteiger partial charge in [-0.1, -0.05) is 42.5 Å². The first-order valence-electron chi connectivity index (χ1n) is 5.69. The van der Waals surface area contributed by atoms with Crippen molar-refractivity contribution in [3.05, 3.63) is 41.5 Å². The van der Waals surface area contributed by atoms with Crippen molar-refractivity contribution >= 4 is 28.9 Å². The van der Waals surface area contributed by atoms with Crippen LogP contribution in [0.25, 0.3) is 0 Å². The maximum absolute atomic E-state index is 9.40. The molecule has 0 spiro atoms. The van der Waals surface area contributed by atoms with Crippen LogP contribution in [0.4, 0.5) is 0 Å². The molecule has 0 saturated heterocycles. The average Bonchev–Trinajstić information content (AvgIpc) is 2.40. The quantitative estimate of drug-likeness (QED) is 0.464. The third kappa shape index (κ3) is 1.88. The molecule has 1 aliphatic heterocycles. The second-order valence-corrected chi connectivity index (χ2v) is 4.86. The Balaban J connectivity index is 2.77. The van der Waals surface area contributed by atoms with E-state index in [0.717, 1.165) is 5.56 Å². The van der Waals surface area contributed by atoms with Gasteiger partial charge in [0.2, 0.25) is 0 Å². The number of nitrogens with one attached hydrogen (secondary N) is 1. The van der Waals surface area contributed by atoms with Crippen molar-refractivity contribution in [3.8, 4) is 6.07 Å². The summed E-state index contributed by atoms with van der Waals surface area (Å²) in [6.07, 6.45) is 0. The van der Waals surface area contributed by atoms with Crippen LogP contribution in [0.3, 0.4) is 0 Å². The third-order valence-corrected chi connectivity index (χ3v) is 3.76. The molecule has 19 heavy (non-hydrogen) atoms. The predicted octanol–water partition coefficient (Wildman–Crippen LogP) is 1.96. The van der Waals surface area contributed by atoms with Gasteiger partial charge in [0.1, 0.15) is 16.7 Å². The lowest BCUT2D eigenvalue weighted by atomic mass is 9.65. The zero-order valence-corrected chi connectivity index (χ0v) is 11.2. The van der Waals surface area contributed by atoms with Gasteiger partial charge in [0.25, 0.3) is 0 Å². The van der Waals surface area contributed by atoms with Crippen molar-refractivity contribution in [3.63, 3.8) is 0 Å². The molecule has 0 radical (unpaired) electrons. The van der Waals surface area contributed by atoms with Crippen molar-refractivity contribution in [1.82, 2.24) is 0 Å². The maximum atomic E-state index is 9.40. The Labute approximate surface area is 116 Å². The zero-order valence-electron chi connectivity index (χ0n) is 10.3. The van der Waals surface area contributed by atoms with E-state index in [9.17, 15) is 5.26 Å². The van der Waals surface area contributed by atoms with E-state index in [0.29, 0.717) is 5.57 Å². The first-order chi connectivity index (χ1) is 9.05. The molecule has 0 aliphatic carbocycles. The van der Waals surface area contributed by atoms with Crippen LogP contribution < -0.4 is 5.73 Å². The second-order valence-electron chi connectivity index (χ2n) is 4.47. The Bertz CT molecular complexity index is 650. The minimum absolute atomic E-state index is 0.192. The monoisotopic (exact) mass is 268 g/mol. The fourth-order valence-corrected chi connectivity index (χ4v) is 2.74. The Kier molecular flexibility index (Phi) is 3.30. The summed E-state index contributed by atoms with van der Waals surface area (Å²) >= 11 is 5.16. The highest BCUT2D eigenvalue weighted by Crippen LogP contribution is 2.41. The van der Waals surface area contributed by atoms with Gasteiger partial charge in [-0.2, -0.15) is 5.26 Å². The van der Waals surface area contributed by atoms with Crippen molar-refractivity contribution < 1.29 is 0 Å². The molecule has 4 nitrogen and oxygen atoms in total. The lowest BCUT2D eigenvalue weighted by Gasteiger charge is -2.37. The highest BCUT2D eigenvalue weighted by molar-refractivity contribution is 7.80. The molecule has 1 aromatic carbocycles. The Morgan fingerprint density at radius 1 is 1.42 bits per heavy atom. The van der Waals surface area contributed by atoms with Gasteiger partial charge in [0.05, 0.1) is 17.1 Å². The molecule has 94 valence electrons. The molecule has 2 rings (SSSR count). The van der Waals surface area contributed by atoms with Gasteiger partial charge in [-0.15, -0.1) is 0 Å². The fraction of sp³-hybridized carbons (Fsp3) is 0.214. The number of hydrogen-bond acceptors (Lipinski definition) is 4. The Morgan fingerprint density at radius 2 is 2.05 bits per heavy atom. The number of thiocarbonyl (C=S) groups is 1. The molecule has 1 unspecified atom stereocenters. The van der Waals surface area contributed by atoms with E-state index in [-0.39, 0.29) is 10.8 Å². The SMILES string of the molecule is C[C@@]1(c2ccccc2)C(=C=N)C(=S)N=C(N)C1C#N. The van der Waals surface area contributed by atoms with Crippen LogP contribution in [-0.2, 0) is 5.41 Å². The highest BCUT2D eigenvalue weighted by atomic mass is 32.1. The third-order valence-electron chi connectivity index (χ3n) is 3.46. The lowest BCUT2D eigenvalue weighted by Crippen LogP contribution is -2.47. The van der Waals surface area contributed by atoms with Crippen LogP contribution in [0.5, 0.6) is 0 Å².